The van der Waals surface area contributed by atoms with Gasteiger partial charge in [-0.1, -0.05) is 49.4 Å². The highest BCUT2D eigenvalue weighted by atomic mass is 32.2. The highest BCUT2D eigenvalue weighted by Gasteiger charge is 2.30. The van der Waals surface area contributed by atoms with Crippen LogP contribution in [0.3, 0.4) is 0 Å². The van der Waals surface area contributed by atoms with Crippen LogP contribution in [0.1, 0.15) is 45.2 Å². The first kappa shape index (κ1) is 26.4. The number of nitrogens with one attached hydrogen (secondary N) is 1. The van der Waals surface area contributed by atoms with Gasteiger partial charge in [-0.2, -0.15) is 0 Å². The Morgan fingerprint density at radius 2 is 1.70 bits per heavy atom. The lowest BCUT2D eigenvalue weighted by Crippen LogP contribution is -2.54. The molecule has 0 aromatic heterocycles. The molecule has 0 fully saturated rings. The van der Waals surface area contributed by atoms with E-state index in [0.717, 1.165) is 11.1 Å². The lowest BCUT2D eigenvalue weighted by Gasteiger charge is -2.33. The van der Waals surface area contributed by atoms with E-state index in [4.69, 9.17) is 0 Å². The number of hydrogen-bond donors (Lipinski definition) is 1. The Morgan fingerprint density at radius 1 is 1.06 bits per heavy atom. The standard InChI is InChI=1S/C25H33N3O4S/c1-5-22(24(30)26-25(2,3)4)27(16-15-19-9-7-6-8-10-19)23(29)18-33-17-20-11-13-21(14-12-20)28(31)32/h6-14,22H,5,15-18H2,1-4H3,(H,26,30)/t22-/m0/s1. The summed E-state index contributed by atoms with van der Waals surface area (Å²) in [5, 5.41) is 13.8. The summed E-state index contributed by atoms with van der Waals surface area (Å²) in [5.41, 5.74) is 1.68. The Morgan fingerprint density at radius 3 is 2.24 bits per heavy atom. The van der Waals surface area contributed by atoms with Crippen molar-refractivity contribution in [1.82, 2.24) is 10.2 Å². The van der Waals surface area contributed by atoms with Gasteiger partial charge in [-0.3, -0.25) is 19.7 Å². The van der Waals surface area contributed by atoms with Crippen LogP contribution >= 0.6 is 11.8 Å². The van der Waals surface area contributed by atoms with Crippen LogP contribution in [0.15, 0.2) is 54.6 Å². The van der Waals surface area contributed by atoms with Crippen molar-refractivity contribution >= 4 is 29.3 Å². The molecule has 0 aliphatic rings. The number of non-ortho nitro benzene ring substituents is 1. The number of nitrogens with zero attached hydrogens (tertiary/aromatic N) is 2. The molecule has 0 spiro atoms. The third-order valence-corrected chi connectivity index (χ3v) is 6.00. The monoisotopic (exact) mass is 471 g/mol. The van der Waals surface area contributed by atoms with Gasteiger partial charge in [0.1, 0.15) is 6.04 Å². The van der Waals surface area contributed by atoms with E-state index in [2.05, 4.69) is 5.32 Å². The van der Waals surface area contributed by atoms with Crippen LogP contribution in [-0.4, -0.2) is 45.5 Å². The molecule has 0 aliphatic heterocycles. The molecule has 0 aliphatic carbocycles. The third-order valence-electron chi connectivity index (χ3n) is 5.01. The van der Waals surface area contributed by atoms with E-state index in [1.807, 2.05) is 58.0 Å². The van der Waals surface area contributed by atoms with Gasteiger partial charge in [-0.05, 0) is 44.7 Å². The molecular formula is C25H33N3O4S. The fourth-order valence-corrected chi connectivity index (χ4v) is 4.27. The van der Waals surface area contributed by atoms with Crippen molar-refractivity contribution in [2.24, 2.45) is 0 Å². The van der Waals surface area contributed by atoms with Gasteiger partial charge in [0.2, 0.25) is 11.8 Å². The molecule has 33 heavy (non-hydrogen) atoms. The highest BCUT2D eigenvalue weighted by Crippen LogP contribution is 2.19. The predicted molar refractivity (Wildman–Crippen MR) is 133 cm³/mol. The van der Waals surface area contributed by atoms with Gasteiger partial charge in [0.15, 0.2) is 0 Å². The fourth-order valence-electron chi connectivity index (χ4n) is 3.40. The molecule has 0 bridgehead atoms. The van der Waals surface area contributed by atoms with Crippen molar-refractivity contribution in [1.29, 1.82) is 0 Å². The molecular weight excluding hydrogens is 438 g/mol. The Balaban J connectivity index is 2.07. The molecule has 2 rings (SSSR count). The van der Waals surface area contributed by atoms with Gasteiger partial charge < -0.3 is 10.2 Å². The summed E-state index contributed by atoms with van der Waals surface area (Å²) >= 11 is 1.44. The van der Waals surface area contributed by atoms with Crippen LogP contribution in [-0.2, 0) is 21.8 Å². The van der Waals surface area contributed by atoms with Gasteiger partial charge in [-0.25, -0.2) is 0 Å². The van der Waals surface area contributed by atoms with Gasteiger partial charge in [0.05, 0.1) is 10.7 Å². The smallest absolute Gasteiger partial charge is 0.269 e. The van der Waals surface area contributed by atoms with Crippen LogP contribution in [0.4, 0.5) is 5.69 Å². The number of hydrogen-bond acceptors (Lipinski definition) is 5. The number of nitro benzene ring substituents is 1. The van der Waals surface area contributed by atoms with E-state index in [-0.39, 0.29) is 28.8 Å². The topological polar surface area (TPSA) is 92.6 Å². The molecule has 8 heteroatoms. The maximum atomic E-state index is 13.2. The zero-order chi connectivity index (χ0) is 24.4. The van der Waals surface area contributed by atoms with Crippen molar-refractivity contribution < 1.29 is 14.5 Å². The van der Waals surface area contributed by atoms with Crippen LogP contribution in [0.5, 0.6) is 0 Å². The van der Waals surface area contributed by atoms with Crippen LogP contribution in [0, 0.1) is 10.1 Å². The largest absolute Gasteiger partial charge is 0.350 e. The van der Waals surface area contributed by atoms with Crippen molar-refractivity contribution in [3.8, 4) is 0 Å². The Kier molecular flexibility index (Phi) is 9.91. The van der Waals surface area contributed by atoms with Crippen LogP contribution in [0.2, 0.25) is 0 Å². The van der Waals surface area contributed by atoms with Crippen LogP contribution < -0.4 is 5.32 Å². The number of benzene rings is 2. The zero-order valence-electron chi connectivity index (χ0n) is 19.7. The van der Waals surface area contributed by atoms with E-state index >= 15 is 0 Å². The van der Waals surface area contributed by atoms with E-state index in [0.29, 0.717) is 25.1 Å². The lowest BCUT2D eigenvalue weighted by atomic mass is 10.1. The van der Waals surface area contributed by atoms with Crippen LogP contribution in [0.25, 0.3) is 0 Å². The first-order chi connectivity index (χ1) is 15.6. The summed E-state index contributed by atoms with van der Waals surface area (Å²) in [6, 6.07) is 15.7. The molecule has 2 amide bonds. The van der Waals surface area contributed by atoms with E-state index in [9.17, 15) is 19.7 Å². The predicted octanol–water partition coefficient (Wildman–Crippen LogP) is 4.59. The van der Waals surface area contributed by atoms with Crippen molar-refractivity contribution in [3.05, 3.63) is 75.8 Å². The maximum absolute atomic E-state index is 13.2. The number of carbonyl (C=O) groups excluding carboxylic acids is 2. The maximum Gasteiger partial charge on any atom is 0.269 e. The zero-order valence-corrected chi connectivity index (χ0v) is 20.6. The lowest BCUT2D eigenvalue weighted by molar-refractivity contribution is -0.384. The summed E-state index contributed by atoms with van der Waals surface area (Å²) in [6.45, 7) is 8.14. The minimum atomic E-state index is -0.541. The van der Waals surface area contributed by atoms with Gasteiger partial charge in [-0.15, -0.1) is 11.8 Å². The molecule has 1 N–H and O–H groups in total. The SMILES string of the molecule is CC[C@@H](C(=O)NC(C)(C)C)N(CCc1ccccc1)C(=O)CSCc1ccc([N+](=O)[O-])cc1. The van der Waals surface area contributed by atoms with Gasteiger partial charge in [0, 0.05) is 30.0 Å². The first-order valence-electron chi connectivity index (χ1n) is 11.1. The fraction of sp³-hybridized carbons (Fsp3) is 0.440. The quantitative estimate of drug-likeness (QED) is 0.382. The number of thioether (sulfide) groups is 1. The molecule has 0 unspecified atom stereocenters. The van der Waals surface area contributed by atoms with Crippen molar-refractivity contribution in [2.75, 3.05) is 12.3 Å². The van der Waals surface area contributed by atoms with E-state index < -0.39 is 11.0 Å². The Hall–Kier alpha value is -2.87. The second-order valence-electron chi connectivity index (χ2n) is 8.90. The Labute approximate surface area is 200 Å². The summed E-state index contributed by atoms with van der Waals surface area (Å²) in [7, 11) is 0. The summed E-state index contributed by atoms with van der Waals surface area (Å²) in [4.78, 5) is 38.2. The second kappa shape index (κ2) is 12.4. The first-order valence-corrected chi connectivity index (χ1v) is 12.2. The molecule has 7 nitrogen and oxygen atoms in total. The summed E-state index contributed by atoms with van der Waals surface area (Å²) < 4.78 is 0. The molecule has 0 heterocycles. The Bertz CT molecular complexity index is 927. The summed E-state index contributed by atoms with van der Waals surface area (Å²) in [6.07, 6.45) is 1.19. The normalized spacial score (nSPS) is 12.1. The minimum absolute atomic E-state index is 0.0440. The molecule has 0 saturated heterocycles. The molecule has 178 valence electrons. The van der Waals surface area contributed by atoms with E-state index in [1.165, 1.54) is 23.9 Å². The molecule has 0 radical (unpaired) electrons. The highest BCUT2D eigenvalue weighted by molar-refractivity contribution is 7.99. The van der Waals surface area contributed by atoms with Crippen molar-refractivity contribution in [2.45, 2.75) is 57.9 Å². The van der Waals surface area contributed by atoms with Gasteiger partial charge in [0.25, 0.3) is 5.69 Å². The number of carbonyl (C=O) groups is 2. The number of rotatable bonds is 11. The average Bonchev–Trinajstić information content (AvgIpc) is 2.76. The molecule has 0 saturated carbocycles. The van der Waals surface area contributed by atoms with E-state index in [1.54, 1.807) is 17.0 Å². The van der Waals surface area contributed by atoms with Crippen molar-refractivity contribution in [3.63, 3.8) is 0 Å². The number of nitro groups is 1. The number of amides is 2. The molecule has 2 aromatic carbocycles. The second-order valence-corrected chi connectivity index (χ2v) is 9.89. The average molecular weight is 472 g/mol. The molecule has 2 aromatic rings. The minimum Gasteiger partial charge on any atom is -0.350 e. The van der Waals surface area contributed by atoms with Gasteiger partial charge >= 0.3 is 0 Å². The molecule has 1 atom stereocenters. The third kappa shape index (κ3) is 8.88. The summed E-state index contributed by atoms with van der Waals surface area (Å²) in [5.74, 6) is 0.548.